The smallest absolute Gasteiger partial charge is 0.281 e. The maximum Gasteiger partial charge on any atom is 0.281 e. The number of fused-ring (bicyclic) bond motifs is 2. The molecule has 0 aliphatic heterocycles. The van der Waals surface area contributed by atoms with Crippen LogP contribution in [0.15, 0.2) is 42.6 Å². The van der Waals surface area contributed by atoms with Gasteiger partial charge in [-0.1, -0.05) is 4.48 Å². The summed E-state index contributed by atoms with van der Waals surface area (Å²) in [6, 6.07) is 11.2. The second-order valence-corrected chi connectivity index (χ2v) is 7.48. The van der Waals surface area contributed by atoms with Crippen LogP contribution in [0.3, 0.4) is 0 Å². The van der Waals surface area contributed by atoms with E-state index in [2.05, 4.69) is 21.7 Å². The fraction of sp³-hybridized carbons (Fsp3) is 0.286. The lowest BCUT2D eigenvalue weighted by atomic mass is 10.2. The van der Waals surface area contributed by atoms with Crippen molar-refractivity contribution >= 4 is 28.0 Å². The number of benzene rings is 1. The molecule has 5 rings (SSSR count). The van der Waals surface area contributed by atoms with Gasteiger partial charge in [-0.15, -0.1) is 0 Å². The molecular formula is C21H20FN5O. The monoisotopic (exact) mass is 377 g/mol. The molecule has 1 aromatic carbocycles. The SMILES string of the molecule is CN(F)C(=O)c1ccc2c(c1)nc(-c1cc3cccnc3n1CC1CC1)n2C. The zero-order chi connectivity index (χ0) is 19.4. The average Bonchev–Trinajstić information content (AvgIpc) is 3.36. The van der Waals surface area contributed by atoms with Gasteiger partial charge in [-0.2, -0.15) is 5.12 Å². The topological polar surface area (TPSA) is 56.0 Å². The Morgan fingerprint density at radius 3 is 2.86 bits per heavy atom. The van der Waals surface area contributed by atoms with Crippen LogP contribution < -0.4 is 0 Å². The lowest BCUT2D eigenvalue weighted by Crippen LogP contribution is -2.17. The number of amides is 1. The van der Waals surface area contributed by atoms with Gasteiger partial charge >= 0.3 is 0 Å². The first-order chi connectivity index (χ1) is 13.5. The Balaban J connectivity index is 1.68. The van der Waals surface area contributed by atoms with Gasteiger partial charge in [0.05, 0.1) is 16.7 Å². The van der Waals surface area contributed by atoms with Gasteiger partial charge in [0.1, 0.15) is 5.65 Å². The van der Waals surface area contributed by atoms with Crippen LogP contribution in [0.4, 0.5) is 4.48 Å². The molecular weight excluding hydrogens is 357 g/mol. The Morgan fingerprint density at radius 1 is 1.29 bits per heavy atom. The molecule has 0 spiro atoms. The zero-order valence-electron chi connectivity index (χ0n) is 15.8. The van der Waals surface area contributed by atoms with Gasteiger partial charge in [-0.05, 0) is 55.2 Å². The van der Waals surface area contributed by atoms with E-state index in [-0.39, 0.29) is 10.7 Å². The highest BCUT2D eigenvalue weighted by molar-refractivity contribution is 5.97. The molecule has 7 heteroatoms. The predicted octanol–water partition coefficient (Wildman–Crippen LogP) is 3.96. The molecule has 3 aromatic heterocycles. The molecule has 0 saturated heterocycles. The van der Waals surface area contributed by atoms with Crippen molar-refractivity contribution in [1.29, 1.82) is 0 Å². The maximum atomic E-state index is 13.3. The van der Waals surface area contributed by atoms with E-state index in [1.807, 2.05) is 29.9 Å². The molecule has 28 heavy (non-hydrogen) atoms. The maximum absolute atomic E-state index is 13.3. The molecule has 142 valence electrons. The Morgan fingerprint density at radius 2 is 2.11 bits per heavy atom. The fourth-order valence-corrected chi connectivity index (χ4v) is 3.76. The summed E-state index contributed by atoms with van der Waals surface area (Å²) in [5, 5.41) is 1.17. The Labute approximate surface area is 161 Å². The minimum absolute atomic E-state index is 0.0875. The van der Waals surface area contributed by atoms with E-state index >= 15 is 0 Å². The molecule has 1 saturated carbocycles. The van der Waals surface area contributed by atoms with E-state index in [4.69, 9.17) is 4.98 Å². The number of halogens is 1. The molecule has 4 aromatic rings. The predicted molar refractivity (Wildman–Crippen MR) is 105 cm³/mol. The molecule has 1 fully saturated rings. The average molecular weight is 377 g/mol. The van der Waals surface area contributed by atoms with Crippen LogP contribution in [-0.2, 0) is 13.6 Å². The summed E-state index contributed by atoms with van der Waals surface area (Å²) in [5.41, 5.74) is 3.81. The summed E-state index contributed by atoms with van der Waals surface area (Å²) in [5.74, 6) is 0.823. The second kappa shape index (κ2) is 6.15. The van der Waals surface area contributed by atoms with E-state index < -0.39 is 5.91 Å². The van der Waals surface area contributed by atoms with Crippen molar-refractivity contribution in [2.75, 3.05) is 7.05 Å². The van der Waals surface area contributed by atoms with E-state index in [0.29, 0.717) is 11.4 Å². The quantitative estimate of drug-likeness (QED) is 0.506. The van der Waals surface area contributed by atoms with Gasteiger partial charge in [0.15, 0.2) is 5.82 Å². The number of nitrogens with zero attached hydrogens (tertiary/aromatic N) is 5. The normalized spacial score (nSPS) is 14.1. The molecule has 3 heterocycles. The molecule has 0 radical (unpaired) electrons. The standard InChI is InChI=1S/C21H20FN5O/c1-25-17-8-7-15(21(28)26(2)22)10-16(17)24-20(25)18-11-14-4-3-9-23-19(14)27(18)12-13-5-6-13/h3-4,7-11,13H,5-6,12H2,1-2H3. The lowest BCUT2D eigenvalue weighted by molar-refractivity contribution is 0.0343. The number of aromatic nitrogens is 4. The summed E-state index contributed by atoms with van der Waals surface area (Å²) in [6.45, 7) is 0.926. The molecule has 0 bridgehead atoms. The van der Waals surface area contributed by atoms with Crippen LogP contribution in [0, 0.1) is 5.92 Å². The van der Waals surface area contributed by atoms with Crippen molar-refractivity contribution in [3.05, 3.63) is 48.2 Å². The second-order valence-electron chi connectivity index (χ2n) is 7.48. The summed E-state index contributed by atoms with van der Waals surface area (Å²) in [6.07, 6.45) is 4.31. The lowest BCUT2D eigenvalue weighted by Gasteiger charge is -2.09. The van der Waals surface area contributed by atoms with Gasteiger partial charge in [0.2, 0.25) is 0 Å². The van der Waals surface area contributed by atoms with E-state index in [0.717, 1.165) is 41.7 Å². The Hall–Kier alpha value is -3.22. The first-order valence-corrected chi connectivity index (χ1v) is 9.38. The third-order valence-electron chi connectivity index (χ3n) is 5.43. The van der Waals surface area contributed by atoms with Crippen molar-refractivity contribution in [1.82, 2.24) is 24.2 Å². The highest BCUT2D eigenvalue weighted by Gasteiger charge is 2.26. The van der Waals surface area contributed by atoms with Crippen LogP contribution >= 0.6 is 0 Å². The summed E-state index contributed by atoms with van der Waals surface area (Å²) >= 11 is 0. The van der Waals surface area contributed by atoms with Crippen LogP contribution in [0.2, 0.25) is 0 Å². The number of hydrogen-bond acceptors (Lipinski definition) is 3. The molecule has 1 amide bonds. The zero-order valence-corrected chi connectivity index (χ0v) is 15.8. The van der Waals surface area contributed by atoms with Crippen LogP contribution in [0.5, 0.6) is 0 Å². The number of rotatable bonds is 4. The van der Waals surface area contributed by atoms with Crippen molar-refractivity contribution in [3.8, 4) is 11.5 Å². The molecule has 0 atom stereocenters. The van der Waals surface area contributed by atoms with Crippen molar-refractivity contribution in [2.24, 2.45) is 13.0 Å². The van der Waals surface area contributed by atoms with Crippen molar-refractivity contribution < 1.29 is 9.28 Å². The first-order valence-electron chi connectivity index (χ1n) is 9.38. The molecule has 1 aliphatic carbocycles. The number of imidazole rings is 1. The Bertz CT molecular complexity index is 1220. The third kappa shape index (κ3) is 2.66. The van der Waals surface area contributed by atoms with Crippen LogP contribution in [-0.4, -0.2) is 37.2 Å². The van der Waals surface area contributed by atoms with Gasteiger partial charge in [0, 0.05) is 37.8 Å². The Kier molecular flexibility index (Phi) is 3.72. The number of aryl methyl sites for hydroxylation is 1. The van der Waals surface area contributed by atoms with E-state index in [1.54, 1.807) is 12.1 Å². The van der Waals surface area contributed by atoms with Crippen LogP contribution in [0.1, 0.15) is 23.2 Å². The highest BCUT2D eigenvalue weighted by Crippen LogP contribution is 2.35. The van der Waals surface area contributed by atoms with Gasteiger partial charge in [0.25, 0.3) is 5.91 Å². The molecule has 1 aliphatic rings. The minimum Gasteiger partial charge on any atom is -0.326 e. The highest BCUT2D eigenvalue weighted by atomic mass is 19.2. The summed E-state index contributed by atoms with van der Waals surface area (Å²) < 4.78 is 17.5. The first kappa shape index (κ1) is 16.9. The van der Waals surface area contributed by atoms with Gasteiger partial charge in [-0.25, -0.2) is 9.97 Å². The fourth-order valence-electron chi connectivity index (χ4n) is 3.76. The third-order valence-corrected chi connectivity index (χ3v) is 5.43. The van der Waals surface area contributed by atoms with Gasteiger partial charge < -0.3 is 9.13 Å². The summed E-state index contributed by atoms with van der Waals surface area (Å²) in [7, 11) is 3.06. The minimum atomic E-state index is -0.679. The number of carbonyl (C=O) groups excluding carboxylic acids is 1. The van der Waals surface area contributed by atoms with E-state index in [9.17, 15) is 9.28 Å². The van der Waals surface area contributed by atoms with Crippen LogP contribution in [0.25, 0.3) is 33.6 Å². The molecule has 0 unspecified atom stereocenters. The van der Waals surface area contributed by atoms with Gasteiger partial charge in [-0.3, -0.25) is 4.79 Å². The summed E-state index contributed by atoms with van der Waals surface area (Å²) in [4.78, 5) is 21.3. The number of hydrogen-bond donors (Lipinski definition) is 0. The number of pyridine rings is 1. The molecule has 6 nitrogen and oxygen atoms in total. The largest absolute Gasteiger partial charge is 0.326 e. The molecule has 0 N–H and O–H groups in total. The number of carbonyl (C=O) groups is 1. The van der Waals surface area contributed by atoms with Crippen molar-refractivity contribution in [2.45, 2.75) is 19.4 Å². The van der Waals surface area contributed by atoms with E-state index in [1.165, 1.54) is 12.8 Å². The van der Waals surface area contributed by atoms with Crippen molar-refractivity contribution in [3.63, 3.8) is 0 Å².